The molecule has 1 aromatic rings. The van der Waals surface area contributed by atoms with Gasteiger partial charge in [-0.05, 0) is 31.0 Å². The Morgan fingerprint density at radius 1 is 1.39 bits per heavy atom. The van der Waals surface area contributed by atoms with Crippen LogP contribution in [-0.2, 0) is 0 Å². The fourth-order valence-electron chi connectivity index (χ4n) is 2.17. The molecule has 0 radical (unpaired) electrons. The number of carbonyl (C=O) groups excluding carboxylic acids is 1. The van der Waals surface area contributed by atoms with Gasteiger partial charge in [-0.3, -0.25) is 4.79 Å². The van der Waals surface area contributed by atoms with Crippen LogP contribution in [0.5, 0.6) is 0 Å². The van der Waals surface area contributed by atoms with E-state index < -0.39 is 0 Å². The van der Waals surface area contributed by atoms with Crippen molar-refractivity contribution in [1.29, 1.82) is 0 Å². The zero-order chi connectivity index (χ0) is 13.1. The van der Waals surface area contributed by atoms with Gasteiger partial charge in [-0.25, -0.2) is 4.39 Å². The maximum absolute atomic E-state index is 13.1. The van der Waals surface area contributed by atoms with Gasteiger partial charge in [0, 0.05) is 24.6 Å². The summed E-state index contributed by atoms with van der Waals surface area (Å²) < 4.78 is 13.1. The number of piperidine rings is 1. The van der Waals surface area contributed by atoms with Crippen molar-refractivity contribution in [2.75, 3.05) is 13.1 Å². The first-order valence-corrected chi connectivity index (χ1v) is 6.33. The van der Waals surface area contributed by atoms with E-state index in [4.69, 9.17) is 18.0 Å². The lowest BCUT2D eigenvalue weighted by Crippen LogP contribution is -2.41. The van der Waals surface area contributed by atoms with E-state index in [0.717, 1.165) is 12.8 Å². The molecule has 3 nitrogen and oxygen atoms in total. The van der Waals surface area contributed by atoms with Gasteiger partial charge in [0.1, 0.15) is 5.82 Å². The first-order valence-electron chi connectivity index (χ1n) is 5.92. The lowest BCUT2D eigenvalue weighted by molar-refractivity contribution is 0.0710. The highest BCUT2D eigenvalue weighted by Gasteiger charge is 2.24. The molecule has 0 spiro atoms. The second-order valence-corrected chi connectivity index (χ2v) is 4.95. The molecule has 96 valence electrons. The third-order valence-electron chi connectivity index (χ3n) is 3.26. The number of rotatable bonds is 2. The summed E-state index contributed by atoms with van der Waals surface area (Å²) in [6, 6.07) is 5.77. The van der Waals surface area contributed by atoms with Crippen molar-refractivity contribution in [2.24, 2.45) is 11.7 Å². The molecule has 1 aromatic carbocycles. The Bertz CT molecular complexity index is 470. The van der Waals surface area contributed by atoms with Crippen LogP contribution in [0.2, 0.25) is 0 Å². The molecule has 18 heavy (non-hydrogen) atoms. The number of carbonyl (C=O) groups is 1. The summed E-state index contributed by atoms with van der Waals surface area (Å²) in [5.41, 5.74) is 5.99. The Kier molecular flexibility index (Phi) is 3.91. The monoisotopic (exact) mass is 266 g/mol. The van der Waals surface area contributed by atoms with Crippen LogP contribution in [0.3, 0.4) is 0 Å². The normalized spacial score (nSPS) is 16.6. The third kappa shape index (κ3) is 2.85. The second-order valence-electron chi connectivity index (χ2n) is 4.48. The van der Waals surface area contributed by atoms with Crippen LogP contribution in [0.25, 0.3) is 0 Å². The molecule has 1 saturated heterocycles. The Morgan fingerprint density at radius 3 is 2.61 bits per heavy atom. The Labute approximate surface area is 111 Å². The molecule has 0 atom stereocenters. The van der Waals surface area contributed by atoms with Crippen LogP contribution in [0.4, 0.5) is 4.39 Å². The predicted octanol–water partition coefficient (Wildman–Crippen LogP) is 1.96. The van der Waals surface area contributed by atoms with Crippen molar-refractivity contribution >= 4 is 23.1 Å². The molecular weight excluding hydrogens is 251 g/mol. The fraction of sp³-hybridized carbons (Fsp3) is 0.385. The molecule has 0 bridgehead atoms. The summed E-state index contributed by atoms with van der Waals surface area (Å²) >= 11 is 4.96. The van der Waals surface area contributed by atoms with Gasteiger partial charge in [-0.2, -0.15) is 0 Å². The first kappa shape index (κ1) is 13.0. The van der Waals surface area contributed by atoms with Gasteiger partial charge >= 0.3 is 0 Å². The van der Waals surface area contributed by atoms with Gasteiger partial charge in [-0.15, -0.1) is 0 Å². The average Bonchev–Trinajstić information content (AvgIpc) is 2.38. The van der Waals surface area contributed by atoms with Gasteiger partial charge in [0.15, 0.2) is 0 Å². The quantitative estimate of drug-likeness (QED) is 0.832. The van der Waals surface area contributed by atoms with Crippen molar-refractivity contribution in [3.05, 3.63) is 35.6 Å². The number of thiocarbonyl (C=S) groups is 1. The largest absolute Gasteiger partial charge is 0.393 e. The summed E-state index contributed by atoms with van der Waals surface area (Å²) in [6.45, 7) is 1.24. The van der Waals surface area contributed by atoms with Gasteiger partial charge < -0.3 is 10.6 Å². The number of benzene rings is 1. The van der Waals surface area contributed by atoms with Crippen LogP contribution in [0.1, 0.15) is 23.2 Å². The minimum atomic E-state index is -0.390. The smallest absolute Gasteiger partial charge is 0.253 e. The van der Waals surface area contributed by atoms with Gasteiger partial charge in [0.05, 0.1) is 4.99 Å². The molecule has 1 fully saturated rings. The molecule has 1 heterocycles. The molecule has 0 aliphatic carbocycles. The van der Waals surface area contributed by atoms with E-state index in [1.165, 1.54) is 12.1 Å². The van der Waals surface area contributed by atoms with E-state index in [0.29, 0.717) is 23.6 Å². The molecular formula is C13H15FN2OS. The molecule has 0 aromatic heterocycles. The van der Waals surface area contributed by atoms with E-state index in [-0.39, 0.29) is 17.6 Å². The maximum atomic E-state index is 13.1. The standard InChI is InChI=1S/C13H15FN2OS/c14-11-3-1-2-10(8-11)13(17)16-6-4-9(5-7-16)12(15)18/h1-3,8-9H,4-7H2,(H2,15,18). The Hall–Kier alpha value is -1.49. The van der Waals surface area contributed by atoms with E-state index >= 15 is 0 Å². The number of likely N-dealkylation sites (tertiary alicyclic amines) is 1. The van der Waals surface area contributed by atoms with Crippen molar-refractivity contribution < 1.29 is 9.18 Å². The van der Waals surface area contributed by atoms with E-state index in [1.807, 2.05) is 0 Å². The van der Waals surface area contributed by atoms with Gasteiger partial charge in [-0.1, -0.05) is 18.3 Å². The second kappa shape index (κ2) is 5.44. The molecule has 2 N–H and O–H groups in total. The minimum absolute atomic E-state index is 0.129. The zero-order valence-electron chi connectivity index (χ0n) is 9.93. The van der Waals surface area contributed by atoms with Gasteiger partial charge in [0.2, 0.25) is 0 Å². The highest BCUT2D eigenvalue weighted by atomic mass is 32.1. The number of halogens is 1. The topological polar surface area (TPSA) is 46.3 Å². The first-order chi connectivity index (χ1) is 8.58. The van der Waals surface area contributed by atoms with Crippen molar-refractivity contribution in [3.8, 4) is 0 Å². The number of nitrogens with two attached hydrogens (primary N) is 1. The molecule has 0 unspecified atom stereocenters. The summed E-state index contributed by atoms with van der Waals surface area (Å²) in [5, 5.41) is 0. The number of hydrogen-bond donors (Lipinski definition) is 1. The Balaban J connectivity index is 2.02. The number of hydrogen-bond acceptors (Lipinski definition) is 2. The average molecular weight is 266 g/mol. The molecule has 5 heteroatoms. The van der Waals surface area contributed by atoms with Crippen LogP contribution in [0.15, 0.2) is 24.3 Å². The summed E-state index contributed by atoms with van der Waals surface area (Å²) in [5.74, 6) is -0.300. The number of amides is 1. The molecule has 1 amide bonds. The van der Waals surface area contributed by atoms with E-state index in [1.54, 1.807) is 17.0 Å². The minimum Gasteiger partial charge on any atom is -0.393 e. The summed E-state index contributed by atoms with van der Waals surface area (Å²) in [6.07, 6.45) is 1.58. The SMILES string of the molecule is NC(=S)C1CCN(C(=O)c2cccc(F)c2)CC1. The summed E-state index contributed by atoms with van der Waals surface area (Å²) in [7, 11) is 0. The molecule has 1 aliphatic heterocycles. The lowest BCUT2D eigenvalue weighted by Gasteiger charge is -2.31. The van der Waals surface area contributed by atoms with Crippen LogP contribution >= 0.6 is 12.2 Å². The number of nitrogens with zero attached hydrogens (tertiary/aromatic N) is 1. The molecule has 1 aliphatic rings. The fourth-order valence-corrected chi connectivity index (χ4v) is 2.41. The molecule has 2 rings (SSSR count). The van der Waals surface area contributed by atoms with E-state index in [2.05, 4.69) is 0 Å². The van der Waals surface area contributed by atoms with Gasteiger partial charge in [0.25, 0.3) is 5.91 Å². The predicted molar refractivity (Wildman–Crippen MR) is 71.8 cm³/mol. The third-order valence-corrected chi connectivity index (χ3v) is 3.59. The van der Waals surface area contributed by atoms with E-state index in [9.17, 15) is 9.18 Å². The van der Waals surface area contributed by atoms with Crippen molar-refractivity contribution in [3.63, 3.8) is 0 Å². The van der Waals surface area contributed by atoms with Crippen molar-refractivity contribution in [2.45, 2.75) is 12.8 Å². The summed E-state index contributed by atoms with van der Waals surface area (Å²) in [4.78, 5) is 14.4. The highest BCUT2D eigenvalue weighted by molar-refractivity contribution is 7.80. The van der Waals surface area contributed by atoms with Crippen LogP contribution in [-0.4, -0.2) is 28.9 Å². The Morgan fingerprint density at radius 2 is 2.06 bits per heavy atom. The maximum Gasteiger partial charge on any atom is 0.253 e. The highest BCUT2D eigenvalue weighted by Crippen LogP contribution is 2.19. The van der Waals surface area contributed by atoms with Crippen LogP contribution < -0.4 is 5.73 Å². The lowest BCUT2D eigenvalue weighted by atomic mass is 9.96. The van der Waals surface area contributed by atoms with Crippen molar-refractivity contribution in [1.82, 2.24) is 4.90 Å². The zero-order valence-corrected chi connectivity index (χ0v) is 10.8. The van der Waals surface area contributed by atoms with Crippen LogP contribution in [0, 0.1) is 11.7 Å². The molecule has 0 saturated carbocycles.